The molecule has 2 rings (SSSR count). The normalized spacial score (nSPS) is 11.9. The van der Waals surface area contributed by atoms with Crippen molar-refractivity contribution in [2.45, 2.75) is 12.5 Å². The average Bonchev–Trinajstić information content (AvgIpc) is 2.53. The van der Waals surface area contributed by atoms with Crippen LogP contribution in [0.25, 0.3) is 0 Å². The zero-order chi connectivity index (χ0) is 14.4. The fraction of sp³-hybridized carbons (Fsp3) is 0.250. The molecule has 0 bridgehead atoms. The van der Waals surface area contributed by atoms with Crippen LogP contribution in [0.3, 0.4) is 0 Å². The van der Waals surface area contributed by atoms with Gasteiger partial charge in [-0.05, 0) is 30.2 Å². The van der Waals surface area contributed by atoms with Crippen molar-refractivity contribution in [2.24, 2.45) is 5.84 Å². The van der Waals surface area contributed by atoms with Crippen LogP contribution in [0.15, 0.2) is 48.5 Å². The molecule has 0 fully saturated rings. The molecule has 0 saturated carbocycles. The monoisotopic (exact) mass is 272 g/mol. The molecule has 3 N–H and O–H groups in total. The first-order chi connectivity index (χ1) is 9.78. The Morgan fingerprint density at radius 1 is 1.05 bits per heavy atom. The van der Waals surface area contributed by atoms with Crippen LogP contribution in [-0.4, -0.2) is 14.2 Å². The summed E-state index contributed by atoms with van der Waals surface area (Å²) in [5.41, 5.74) is 5.05. The van der Waals surface area contributed by atoms with Crippen LogP contribution in [0.5, 0.6) is 11.5 Å². The van der Waals surface area contributed by atoms with Crippen molar-refractivity contribution >= 4 is 0 Å². The maximum absolute atomic E-state index is 5.72. The average molecular weight is 272 g/mol. The number of hydrazine groups is 1. The second-order valence-corrected chi connectivity index (χ2v) is 4.52. The van der Waals surface area contributed by atoms with Crippen molar-refractivity contribution in [3.8, 4) is 11.5 Å². The summed E-state index contributed by atoms with van der Waals surface area (Å²) in [6.07, 6.45) is 0.779. The molecule has 4 heteroatoms. The van der Waals surface area contributed by atoms with Gasteiger partial charge in [0, 0.05) is 5.56 Å². The quantitative estimate of drug-likeness (QED) is 0.626. The van der Waals surface area contributed by atoms with Crippen molar-refractivity contribution in [3.63, 3.8) is 0 Å². The third-order valence-corrected chi connectivity index (χ3v) is 3.30. The SMILES string of the molecule is COc1ccc(OC)c(C(Cc2ccccc2)NN)c1. The minimum Gasteiger partial charge on any atom is -0.497 e. The second-order valence-electron chi connectivity index (χ2n) is 4.52. The number of nitrogens with one attached hydrogen (secondary N) is 1. The zero-order valence-corrected chi connectivity index (χ0v) is 11.8. The van der Waals surface area contributed by atoms with Crippen LogP contribution >= 0.6 is 0 Å². The number of hydrogen-bond donors (Lipinski definition) is 2. The van der Waals surface area contributed by atoms with E-state index in [0.29, 0.717) is 0 Å². The van der Waals surface area contributed by atoms with E-state index < -0.39 is 0 Å². The largest absolute Gasteiger partial charge is 0.497 e. The van der Waals surface area contributed by atoms with Gasteiger partial charge >= 0.3 is 0 Å². The number of benzene rings is 2. The smallest absolute Gasteiger partial charge is 0.123 e. The first-order valence-electron chi connectivity index (χ1n) is 6.50. The van der Waals surface area contributed by atoms with E-state index in [1.54, 1.807) is 14.2 Å². The first kappa shape index (κ1) is 14.4. The molecule has 0 heterocycles. The van der Waals surface area contributed by atoms with E-state index in [0.717, 1.165) is 23.5 Å². The van der Waals surface area contributed by atoms with E-state index in [2.05, 4.69) is 17.6 Å². The lowest BCUT2D eigenvalue weighted by atomic mass is 9.98. The third-order valence-electron chi connectivity index (χ3n) is 3.30. The first-order valence-corrected chi connectivity index (χ1v) is 6.50. The molecule has 0 aliphatic carbocycles. The van der Waals surface area contributed by atoms with Crippen molar-refractivity contribution in [1.82, 2.24) is 5.43 Å². The molecule has 0 amide bonds. The molecule has 0 aliphatic heterocycles. The van der Waals surface area contributed by atoms with Gasteiger partial charge in [0.05, 0.1) is 20.3 Å². The molecule has 1 atom stereocenters. The summed E-state index contributed by atoms with van der Waals surface area (Å²) in [6, 6.07) is 15.9. The number of ether oxygens (including phenoxy) is 2. The Morgan fingerprint density at radius 3 is 2.40 bits per heavy atom. The number of nitrogens with two attached hydrogens (primary N) is 1. The van der Waals surface area contributed by atoms with Gasteiger partial charge in [-0.15, -0.1) is 0 Å². The lowest BCUT2D eigenvalue weighted by molar-refractivity contribution is 0.389. The predicted octanol–water partition coefficient (Wildman–Crippen LogP) is 2.45. The minimum absolute atomic E-state index is 0.0394. The van der Waals surface area contributed by atoms with E-state index in [1.165, 1.54) is 5.56 Å². The van der Waals surface area contributed by atoms with Gasteiger partial charge in [0.25, 0.3) is 0 Å². The van der Waals surface area contributed by atoms with Crippen molar-refractivity contribution in [1.29, 1.82) is 0 Å². The highest BCUT2D eigenvalue weighted by Gasteiger charge is 2.16. The Labute approximate surface area is 119 Å². The summed E-state index contributed by atoms with van der Waals surface area (Å²) in [5.74, 6) is 7.30. The van der Waals surface area contributed by atoms with E-state index in [1.807, 2.05) is 36.4 Å². The minimum atomic E-state index is -0.0394. The lowest BCUT2D eigenvalue weighted by Gasteiger charge is -2.20. The Balaban J connectivity index is 2.30. The maximum Gasteiger partial charge on any atom is 0.123 e. The van der Waals surface area contributed by atoms with Crippen LogP contribution in [0.2, 0.25) is 0 Å². The summed E-state index contributed by atoms with van der Waals surface area (Å²) >= 11 is 0. The van der Waals surface area contributed by atoms with Gasteiger partial charge in [-0.1, -0.05) is 30.3 Å². The van der Waals surface area contributed by atoms with Crippen LogP contribution in [0.1, 0.15) is 17.2 Å². The highest BCUT2D eigenvalue weighted by molar-refractivity contribution is 5.42. The molecule has 1 unspecified atom stereocenters. The van der Waals surface area contributed by atoms with Crippen molar-refractivity contribution < 1.29 is 9.47 Å². The van der Waals surface area contributed by atoms with Gasteiger partial charge in [0.2, 0.25) is 0 Å². The van der Waals surface area contributed by atoms with Crippen molar-refractivity contribution in [2.75, 3.05) is 14.2 Å². The van der Waals surface area contributed by atoms with E-state index >= 15 is 0 Å². The third kappa shape index (κ3) is 3.29. The van der Waals surface area contributed by atoms with Crippen LogP contribution in [-0.2, 0) is 6.42 Å². The van der Waals surface area contributed by atoms with Gasteiger partial charge in [-0.25, -0.2) is 0 Å². The highest BCUT2D eigenvalue weighted by Crippen LogP contribution is 2.30. The maximum atomic E-state index is 5.72. The second kappa shape index (κ2) is 6.93. The summed E-state index contributed by atoms with van der Waals surface area (Å²) < 4.78 is 10.7. The van der Waals surface area contributed by atoms with Gasteiger partial charge in [0.15, 0.2) is 0 Å². The molecule has 0 aromatic heterocycles. The van der Waals surface area contributed by atoms with Crippen LogP contribution in [0.4, 0.5) is 0 Å². The van der Waals surface area contributed by atoms with Gasteiger partial charge < -0.3 is 9.47 Å². The lowest BCUT2D eigenvalue weighted by Crippen LogP contribution is -2.30. The standard InChI is InChI=1S/C16H20N2O2/c1-19-13-8-9-16(20-2)14(11-13)15(18-17)10-12-6-4-3-5-7-12/h3-9,11,15,18H,10,17H2,1-2H3. The van der Waals surface area contributed by atoms with Crippen LogP contribution < -0.4 is 20.7 Å². The van der Waals surface area contributed by atoms with Gasteiger partial charge in [-0.2, -0.15) is 0 Å². The van der Waals surface area contributed by atoms with E-state index in [-0.39, 0.29) is 6.04 Å². The molecule has 2 aromatic rings. The Bertz CT molecular complexity index is 543. The van der Waals surface area contributed by atoms with Gasteiger partial charge in [0.1, 0.15) is 11.5 Å². The Morgan fingerprint density at radius 2 is 1.80 bits per heavy atom. The van der Waals surface area contributed by atoms with Gasteiger partial charge in [-0.3, -0.25) is 11.3 Å². The topological polar surface area (TPSA) is 56.5 Å². The molecular weight excluding hydrogens is 252 g/mol. The molecule has 2 aromatic carbocycles. The molecule has 0 aliphatic rings. The number of hydrogen-bond acceptors (Lipinski definition) is 4. The fourth-order valence-electron chi connectivity index (χ4n) is 2.22. The zero-order valence-electron chi connectivity index (χ0n) is 11.8. The predicted molar refractivity (Wildman–Crippen MR) is 79.8 cm³/mol. The fourth-order valence-corrected chi connectivity index (χ4v) is 2.22. The number of methoxy groups -OCH3 is 2. The highest BCUT2D eigenvalue weighted by atomic mass is 16.5. The Hall–Kier alpha value is -2.04. The molecule has 0 spiro atoms. The van der Waals surface area contributed by atoms with Crippen LogP contribution in [0, 0.1) is 0 Å². The van der Waals surface area contributed by atoms with E-state index in [4.69, 9.17) is 15.3 Å². The Kier molecular flexibility index (Phi) is 4.98. The summed E-state index contributed by atoms with van der Waals surface area (Å²) in [5, 5.41) is 0. The summed E-state index contributed by atoms with van der Waals surface area (Å²) in [6.45, 7) is 0. The molecule has 4 nitrogen and oxygen atoms in total. The summed E-state index contributed by atoms with van der Waals surface area (Å²) in [7, 11) is 3.30. The molecule has 106 valence electrons. The molecular formula is C16H20N2O2. The van der Waals surface area contributed by atoms with Crippen molar-refractivity contribution in [3.05, 3.63) is 59.7 Å². The molecule has 0 saturated heterocycles. The summed E-state index contributed by atoms with van der Waals surface area (Å²) in [4.78, 5) is 0. The number of rotatable bonds is 6. The van der Waals surface area contributed by atoms with E-state index in [9.17, 15) is 0 Å². The molecule has 20 heavy (non-hydrogen) atoms. The molecule has 0 radical (unpaired) electrons.